The molecule has 0 atom stereocenters. The van der Waals surface area contributed by atoms with E-state index in [0.29, 0.717) is 6.54 Å². The molecule has 1 amide bonds. The van der Waals surface area contributed by atoms with Crippen LogP contribution in [0.25, 0.3) is 10.9 Å². The third-order valence-corrected chi connectivity index (χ3v) is 4.62. The predicted octanol–water partition coefficient (Wildman–Crippen LogP) is 2.41. The minimum Gasteiger partial charge on any atom is -0.348 e. The average Bonchev–Trinajstić information content (AvgIpc) is 3.05. The first kappa shape index (κ1) is 13.1. The second kappa shape index (κ2) is 4.73. The van der Waals surface area contributed by atoms with Crippen LogP contribution in [0.3, 0.4) is 0 Å². The van der Waals surface area contributed by atoms with Crippen LogP contribution < -0.4 is 0 Å². The average molecular weight is 306 g/mol. The Balaban J connectivity index is 1.77. The van der Waals surface area contributed by atoms with Gasteiger partial charge in [-0.15, -0.1) is 0 Å². The van der Waals surface area contributed by atoms with E-state index in [1.54, 1.807) is 6.33 Å². The van der Waals surface area contributed by atoms with E-state index in [1.807, 2.05) is 37.1 Å². The van der Waals surface area contributed by atoms with Crippen LogP contribution in [0.15, 0.2) is 30.6 Å². The number of carbonyl (C=O) groups excluding carboxylic acids is 1. The molecule has 0 fully saturated rings. The zero-order chi connectivity index (χ0) is 15.3. The second-order valence-electron chi connectivity index (χ2n) is 5.85. The third kappa shape index (κ3) is 1.78. The Kier molecular flexibility index (Phi) is 2.82. The Bertz CT molecular complexity index is 874. The highest BCUT2D eigenvalue weighted by Gasteiger charge is 2.30. The summed E-state index contributed by atoms with van der Waals surface area (Å²) in [5.74, 6) is 0.112. The molecule has 1 N–H and O–H groups in total. The summed E-state index contributed by atoms with van der Waals surface area (Å²) >= 11 is 0. The highest BCUT2D eigenvalue weighted by Crippen LogP contribution is 2.30. The molecule has 2 aromatic heterocycles. The molecular weight excluding hydrogens is 288 g/mol. The van der Waals surface area contributed by atoms with Gasteiger partial charge in [-0.1, -0.05) is 18.2 Å². The molecule has 1 aliphatic heterocycles. The maximum atomic E-state index is 13.0. The molecule has 0 unspecified atom stereocenters. The second-order valence-corrected chi connectivity index (χ2v) is 5.85. The molecule has 1 aliphatic rings. The van der Waals surface area contributed by atoms with E-state index < -0.39 is 0 Å². The van der Waals surface area contributed by atoms with Crippen LogP contribution in [-0.4, -0.2) is 31.9 Å². The number of benzene rings is 1. The van der Waals surface area contributed by atoms with Crippen molar-refractivity contribution in [1.29, 1.82) is 0 Å². The first-order valence-electron chi connectivity index (χ1n) is 7.51. The number of hydrogen-bond donors (Lipinski definition) is 1. The monoisotopic (exact) mass is 306 g/mol. The van der Waals surface area contributed by atoms with Crippen molar-refractivity contribution in [2.24, 2.45) is 7.05 Å². The minimum atomic E-state index is 0.112. The van der Waals surface area contributed by atoms with Crippen molar-refractivity contribution in [2.45, 2.75) is 19.9 Å². The van der Waals surface area contributed by atoms with Gasteiger partial charge < -0.3 is 14.5 Å². The zero-order valence-corrected chi connectivity index (χ0v) is 12.8. The lowest BCUT2D eigenvalue weighted by Crippen LogP contribution is -2.37. The molecule has 0 bridgehead atoms. The lowest BCUT2D eigenvalue weighted by Gasteiger charge is -2.27. The Hall–Kier alpha value is -2.56. The van der Waals surface area contributed by atoms with Crippen LogP contribution in [0.5, 0.6) is 0 Å². The number of nitrogens with one attached hydrogen (secondary N) is 1. The number of para-hydroxylation sites is 1. The molecule has 0 spiro atoms. The number of rotatable bonds is 2. The molecule has 112 valence electrons. The molecule has 5 nitrogen and oxygen atoms in total. The summed E-state index contributed by atoms with van der Waals surface area (Å²) in [4.78, 5) is 22.2. The number of fused-ring (bicyclic) bond motifs is 3. The van der Waals surface area contributed by atoms with Crippen molar-refractivity contribution in [1.82, 2.24) is 19.4 Å². The van der Waals surface area contributed by atoms with Gasteiger partial charge in [-0.2, -0.15) is 0 Å². The molecule has 4 rings (SSSR count). The number of aromatic amines is 1. The van der Waals surface area contributed by atoms with Gasteiger partial charge >= 0.3 is 0 Å². The van der Waals surface area contributed by atoms with Gasteiger partial charge in [-0.25, -0.2) is 4.98 Å². The number of H-pyrrole nitrogens is 1. The van der Waals surface area contributed by atoms with Crippen molar-refractivity contribution in [3.63, 3.8) is 0 Å². The molecule has 1 aromatic carbocycles. The van der Waals surface area contributed by atoms with E-state index in [9.17, 15) is 4.79 Å². The quantitative estimate of drug-likeness (QED) is 0.790. The lowest BCUT2D eigenvalue weighted by atomic mass is 10.1. The summed E-state index contributed by atoms with van der Waals surface area (Å²) in [5.41, 5.74) is 5.09. The number of nitrogens with zero attached hydrogens (tertiary/aromatic N) is 3. The van der Waals surface area contributed by atoms with Gasteiger partial charge in [0.2, 0.25) is 0 Å². The van der Waals surface area contributed by atoms with Crippen LogP contribution in [-0.2, 0) is 20.0 Å². The van der Waals surface area contributed by atoms with Crippen LogP contribution in [0.4, 0.5) is 0 Å². The normalized spacial score (nSPS) is 14.6. The first-order valence-corrected chi connectivity index (χ1v) is 7.51. The molecule has 22 heavy (non-hydrogen) atoms. The zero-order valence-electron chi connectivity index (χ0n) is 12.8. The minimum absolute atomic E-state index is 0.112. The van der Waals surface area contributed by atoms with E-state index in [2.05, 4.69) is 20.6 Å². The Morgan fingerprint density at radius 1 is 1.41 bits per heavy atom. The van der Waals surface area contributed by atoms with Crippen LogP contribution >= 0.6 is 0 Å². The summed E-state index contributed by atoms with van der Waals surface area (Å²) in [6, 6.07) is 8.12. The molecule has 0 radical (unpaired) electrons. The van der Waals surface area contributed by atoms with Crippen molar-refractivity contribution in [2.75, 3.05) is 6.54 Å². The SMILES string of the molecule is Cc1[nH]cnc1CN1CCc2c([14c]3[14cH][14cH][14cH][14cH][14c]3n2C)C1=O. The van der Waals surface area contributed by atoms with Crippen molar-refractivity contribution >= 4 is 16.8 Å². The lowest BCUT2D eigenvalue weighted by molar-refractivity contribution is 0.0725. The molecule has 3 aromatic rings. The standard InChI is InChI=1S/C17H18N4O/c1-11-13(19-10-18-11)9-21-8-7-15-16(17(21)22)12-5-3-4-6-14(12)20(15)2/h3-6,10H,7-9H2,1-2H3,(H,18,19)/i3+2,4+2,5+2,6+2,12+2,14+2. The number of aromatic nitrogens is 3. The van der Waals surface area contributed by atoms with Crippen molar-refractivity contribution < 1.29 is 4.79 Å². The fourth-order valence-electron chi connectivity index (χ4n) is 3.36. The van der Waals surface area contributed by atoms with E-state index in [1.165, 1.54) is 0 Å². The van der Waals surface area contributed by atoms with Crippen molar-refractivity contribution in [3.05, 3.63) is 53.2 Å². The third-order valence-electron chi connectivity index (χ3n) is 4.62. The van der Waals surface area contributed by atoms with E-state index >= 15 is 0 Å². The summed E-state index contributed by atoms with van der Waals surface area (Å²) < 4.78 is 2.15. The van der Waals surface area contributed by atoms with Gasteiger partial charge in [0, 0.05) is 42.3 Å². The summed E-state index contributed by atoms with van der Waals surface area (Å²) in [6.45, 7) is 3.29. The first-order chi connectivity index (χ1) is 10.7. The molecule has 3 heterocycles. The van der Waals surface area contributed by atoms with Crippen LogP contribution in [0.2, 0.25) is 0 Å². The van der Waals surface area contributed by atoms with Gasteiger partial charge in [0.1, 0.15) is 0 Å². The topological polar surface area (TPSA) is 53.9 Å². The Labute approximate surface area is 128 Å². The van der Waals surface area contributed by atoms with Gasteiger partial charge in [-0.05, 0) is 13.0 Å². The highest BCUT2D eigenvalue weighted by atomic mass is 16.2. The van der Waals surface area contributed by atoms with E-state index in [0.717, 1.165) is 46.5 Å². The highest BCUT2D eigenvalue weighted by molar-refractivity contribution is 6.09. The maximum absolute atomic E-state index is 13.0. The molecule has 0 saturated heterocycles. The number of carbonyl (C=O) groups is 1. The predicted molar refractivity (Wildman–Crippen MR) is 84.7 cm³/mol. The van der Waals surface area contributed by atoms with Gasteiger partial charge in [0.25, 0.3) is 5.91 Å². The number of amides is 1. The number of imidazole rings is 1. The summed E-state index contributed by atoms with van der Waals surface area (Å²) in [7, 11) is 2.04. The van der Waals surface area contributed by atoms with Gasteiger partial charge in [-0.3, -0.25) is 4.79 Å². The Morgan fingerprint density at radius 2 is 2.23 bits per heavy atom. The fourth-order valence-corrected chi connectivity index (χ4v) is 3.36. The molecule has 0 aliphatic carbocycles. The van der Waals surface area contributed by atoms with Gasteiger partial charge in [0.15, 0.2) is 0 Å². The van der Waals surface area contributed by atoms with Crippen LogP contribution in [0.1, 0.15) is 27.4 Å². The van der Waals surface area contributed by atoms with E-state index in [-0.39, 0.29) is 5.91 Å². The smallest absolute Gasteiger partial charge is 0.256 e. The van der Waals surface area contributed by atoms with Crippen LogP contribution in [0, 0.1) is 6.92 Å². The van der Waals surface area contributed by atoms with E-state index in [4.69, 9.17) is 0 Å². The molecular formula is C17H18N4O. The summed E-state index contributed by atoms with van der Waals surface area (Å²) in [5, 5.41) is 1.05. The van der Waals surface area contributed by atoms with Gasteiger partial charge in [0.05, 0.1) is 24.1 Å². The maximum Gasteiger partial charge on any atom is 0.256 e. The number of hydrogen-bond acceptors (Lipinski definition) is 2. The fraction of sp³-hybridized carbons (Fsp3) is 0.294. The largest absolute Gasteiger partial charge is 0.348 e. The molecule has 0 saturated carbocycles. The Morgan fingerprint density at radius 3 is 3.00 bits per heavy atom. The van der Waals surface area contributed by atoms with Crippen molar-refractivity contribution in [3.8, 4) is 0 Å². The number of aryl methyl sites for hydroxylation is 2. The molecule has 5 heteroatoms. The summed E-state index contributed by atoms with van der Waals surface area (Å²) in [6.07, 6.45) is 2.57.